The van der Waals surface area contributed by atoms with Gasteiger partial charge in [0.05, 0.1) is 29.7 Å². The second-order valence-corrected chi connectivity index (χ2v) is 20.2. The molecule has 6 fully saturated rings. The summed E-state index contributed by atoms with van der Waals surface area (Å²) in [5, 5.41) is 41.7. The Morgan fingerprint density at radius 2 is 1.78 bits per heavy atom. The van der Waals surface area contributed by atoms with Crippen LogP contribution in [0.2, 0.25) is 0 Å². The third kappa shape index (κ3) is 4.39. The molecule has 13 atom stereocenters. The number of hydrogen-bond acceptors (Lipinski definition) is 7. The lowest BCUT2D eigenvalue weighted by Crippen LogP contribution is -2.56. The fourth-order valence-corrected chi connectivity index (χ4v) is 16.6. The molecule has 0 radical (unpaired) electrons. The first-order valence-corrected chi connectivity index (χ1v) is 18.8. The van der Waals surface area contributed by atoms with Crippen LogP contribution in [0, 0.1) is 34.0 Å². The molecule has 6 aliphatic rings. The molecule has 3 aliphatic heterocycles. The van der Waals surface area contributed by atoms with Crippen molar-refractivity contribution in [3.63, 3.8) is 0 Å². The fraction of sp³-hybridized carbons (Fsp3) is 0.970. The van der Waals surface area contributed by atoms with Gasteiger partial charge in [-0.2, -0.15) is 0 Å². The van der Waals surface area contributed by atoms with Gasteiger partial charge in [0.25, 0.3) is 0 Å². The number of hydrogen-bond donors (Lipinski definition) is 4. The Kier molecular flexibility index (Phi) is 7.62. The minimum Gasteiger partial charge on any atom is -0.390 e. The number of Topliss-reactive ketones (excluding diaryl/α,β-unsaturated/α-hetero) is 1. The topological polar surface area (TPSA) is 116 Å². The first kappa shape index (κ1) is 30.8. The van der Waals surface area contributed by atoms with Crippen LogP contribution < -0.4 is 0 Å². The van der Waals surface area contributed by atoms with Crippen LogP contribution in [-0.4, -0.2) is 91.6 Å². The zero-order valence-electron chi connectivity index (χ0n) is 26.2. The van der Waals surface area contributed by atoms with Gasteiger partial charge in [-0.15, -0.1) is 0 Å². The van der Waals surface area contributed by atoms with Crippen LogP contribution in [0.5, 0.6) is 0 Å². The largest absolute Gasteiger partial charge is 0.390 e. The van der Waals surface area contributed by atoms with Gasteiger partial charge in [-0.1, -0.05) is 33.6 Å². The van der Waals surface area contributed by atoms with Crippen molar-refractivity contribution in [1.29, 1.82) is 0 Å². The minimum absolute atomic E-state index is 0.0361. The normalized spacial score (nSPS) is 53.9. The van der Waals surface area contributed by atoms with Crippen molar-refractivity contribution in [3.05, 3.63) is 0 Å². The van der Waals surface area contributed by atoms with Gasteiger partial charge < -0.3 is 29.9 Å². The number of carbonyl (C=O) groups is 1. The first-order valence-electron chi connectivity index (χ1n) is 16.4. The zero-order chi connectivity index (χ0) is 29.8. The van der Waals surface area contributed by atoms with Gasteiger partial charge in [0.1, 0.15) is 12.2 Å². The Bertz CT molecular complexity index is 1030. The molecule has 8 heteroatoms. The van der Waals surface area contributed by atoms with Gasteiger partial charge >= 0.3 is 0 Å². The molecule has 41 heavy (non-hydrogen) atoms. The standard InChI is InChI=1S/C33H56O7S/c1-19-32-15-16-41(6)23(9-7-8-13-30(2,3)38)27(36)28(37)29(41)20(32)10-11-24-31(4,5)25(12-14-33(19,24)32)40-26-17-21(34)22(35)18-39-26/h19-27,29,34-36,38H,7-18H2,1-6H3/t19-,20-,21+,22+,23-,24?,25-,26-,27-,29?,32-,33?/m0/s1. The maximum Gasteiger partial charge on any atom is 0.174 e. The Balaban J connectivity index is 1.20. The van der Waals surface area contributed by atoms with Gasteiger partial charge in [-0.05, 0) is 105 Å². The number of aliphatic hydroxyl groups is 4. The lowest BCUT2D eigenvalue weighted by Gasteiger charge is -2.60. The molecule has 0 aromatic heterocycles. The van der Waals surface area contributed by atoms with Crippen LogP contribution in [0.1, 0.15) is 98.8 Å². The number of ether oxygens (including phenoxy) is 2. The van der Waals surface area contributed by atoms with Crippen LogP contribution in [-0.2, 0) is 14.3 Å². The van der Waals surface area contributed by atoms with Crippen molar-refractivity contribution >= 4 is 15.8 Å². The molecule has 3 saturated heterocycles. The fourth-order valence-electron chi connectivity index (χ4n) is 11.6. The van der Waals surface area contributed by atoms with Crippen molar-refractivity contribution in [3.8, 4) is 0 Å². The number of ketones is 1. The molecule has 2 spiro atoms. The Morgan fingerprint density at radius 1 is 1.05 bits per heavy atom. The predicted octanol–water partition coefficient (Wildman–Crippen LogP) is 4.16. The summed E-state index contributed by atoms with van der Waals surface area (Å²) in [5.41, 5.74) is -0.288. The summed E-state index contributed by atoms with van der Waals surface area (Å²) < 4.78 is 12.3. The van der Waals surface area contributed by atoms with Crippen LogP contribution in [0.3, 0.4) is 0 Å². The predicted molar refractivity (Wildman–Crippen MR) is 161 cm³/mol. The highest BCUT2D eigenvalue weighted by Gasteiger charge is 2.85. The molecule has 4 N–H and O–H groups in total. The van der Waals surface area contributed by atoms with Gasteiger partial charge in [-0.3, -0.25) is 4.79 Å². The van der Waals surface area contributed by atoms with E-state index in [0.29, 0.717) is 24.2 Å². The molecule has 3 aliphatic carbocycles. The number of unbranched alkanes of at least 4 members (excludes halogenated alkanes) is 1. The molecule has 0 bridgehead atoms. The average Bonchev–Trinajstić information content (AvgIpc) is 3.35. The maximum absolute atomic E-state index is 13.9. The molecule has 4 unspecified atom stereocenters. The number of fused-ring (bicyclic) bond motifs is 2. The van der Waals surface area contributed by atoms with Gasteiger partial charge in [0, 0.05) is 11.7 Å². The average molecular weight is 597 g/mol. The van der Waals surface area contributed by atoms with Crippen LogP contribution in [0.25, 0.3) is 0 Å². The van der Waals surface area contributed by atoms with Crippen molar-refractivity contribution in [2.24, 2.45) is 34.0 Å². The van der Waals surface area contributed by atoms with Crippen molar-refractivity contribution < 1.29 is 34.7 Å². The van der Waals surface area contributed by atoms with E-state index in [2.05, 4.69) is 27.0 Å². The zero-order valence-corrected chi connectivity index (χ0v) is 27.0. The second-order valence-electron chi connectivity index (χ2n) is 16.2. The summed E-state index contributed by atoms with van der Waals surface area (Å²) in [4.78, 5) is 13.9. The monoisotopic (exact) mass is 596 g/mol. The van der Waals surface area contributed by atoms with Crippen molar-refractivity contribution in [2.45, 2.75) is 146 Å². The van der Waals surface area contributed by atoms with E-state index >= 15 is 0 Å². The van der Waals surface area contributed by atoms with Crippen LogP contribution in [0.15, 0.2) is 0 Å². The van der Waals surface area contributed by atoms with Crippen molar-refractivity contribution in [1.82, 2.24) is 0 Å². The molecule has 3 heterocycles. The molecular formula is C33H56O7S. The summed E-state index contributed by atoms with van der Waals surface area (Å²) in [6.07, 6.45) is 8.75. The van der Waals surface area contributed by atoms with Crippen LogP contribution in [0.4, 0.5) is 0 Å². The highest BCUT2D eigenvalue weighted by Crippen LogP contribution is 2.90. The molecule has 0 aromatic rings. The van der Waals surface area contributed by atoms with Crippen LogP contribution >= 0.6 is 10.0 Å². The van der Waals surface area contributed by atoms with E-state index in [1.54, 1.807) is 0 Å². The lowest BCUT2D eigenvalue weighted by molar-refractivity contribution is -0.263. The maximum atomic E-state index is 13.9. The smallest absolute Gasteiger partial charge is 0.174 e. The third-order valence-corrected chi connectivity index (χ3v) is 18.3. The lowest BCUT2D eigenvalue weighted by atomic mass is 9.51. The number of rotatable bonds is 7. The molecular weight excluding hydrogens is 540 g/mol. The Hall–Kier alpha value is -0.220. The quantitative estimate of drug-likeness (QED) is 0.258. The Morgan fingerprint density at radius 3 is 2.46 bits per heavy atom. The molecule has 0 aromatic carbocycles. The van der Waals surface area contributed by atoms with Gasteiger partial charge in [0.15, 0.2) is 12.1 Å². The number of aliphatic hydroxyl groups excluding tert-OH is 3. The summed E-state index contributed by atoms with van der Waals surface area (Å²) in [6, 6.07) is 0. The van der Waals surface area contributed by atoms with E-state index in [9.17, 15) is 25.2 Å². The van der Waals surface area contributed by atoms with E-state index in [1.807, 2.05) is 13.8 Å². The van der Waals surface area contributed by atoms with E-state index in [4.69, 9.17) is 9.47 Å². The Labute approximate surface area is 248 Å². The summed E-state index contributed by atoms with van der Waals surface area (Å²) >= 11 is 0. The molecule has 7 nitrogen and oxygen atoms in total. The van der Waals surface area contributed by atoms with E-state index in [-0.39, 0.29) is 45.2 Å². The molecule has 6 rings (SSSR count). The van der Waals surface area contributed by atoms with Gasteiger partial charge in [0.2, 0.25) is 0 Å². The van der Waals surface area contributed by atoms with E-state index in [1.165, 1.54) is 6.42 Å². The second kappa shape index (κ2) is 10.1. The third-order valence-electron chi connectivity index (χ3n) is 13.6. The first-order chi connectivity index (χ1) is 19.1. The summed E-state index contributed by atoms with van der Waals surface area (Å²) in [6.45, 7) is 11.0. The minimum atomic E-state index is -1.26. The SMILES string of the molecule is C[C@@H]1C23CC[C@H](O[C@H]4C[C@@H](O)[C@H](O)CO4)C(C)(C)C2CC[C@H]2C4C(=O)[C@@H](O)[C@H](CCCCC(C)(C)O)S4(C)CC[C@]123. The van der Waals surface area contributed by atoms with E-state index in [0.717, 1.165) is 57.1 Å². The molecule has 0 amide bonds. The summed E-state index contributed by atoms with van der Waals surface area (Å²) in [7, 11) is -1.26. The van der Waals surface area contributed by atoms with Crippen molar-refractivity contribution in [2.75, 3.05) is 18.6 Å². The van der Waals surface area contributed by atoms with E-state index < -0.39 is 40.2 Å². The highest BCUT2D eigenvalue weighted by molar-refractivity contribution is 8.35. The highest BCUT2D eigenvalue weighted by atomic mass is 32.3. The van der Waals surface area contributed by atoms with Gasteiger partial charge in [-0.25, -0.2) is 10.0 Å². The number of carbonyl (C=O) groups excluding carboxylic acids is 1. The molecule has 236 valence electrons. The summed E-state index contributed by atoms with van der Waals surface area (Å²) in [5.74, 6) is 2.73. The molecule has 3 saturated carbocycles.